The highest BCUT2D eigenvalue weighted by Gasteiger charge is 2.25. The van der Waals surface area contributed by atoms with Crippen LogP contribution in [0, 0.1) is 0 Å². The number of nitrogens with zero attached hydrogens (tertiary/aromatic N) is 2. The smallest absolute Gasteiger partial charge is 0.161 e. The minimum atomic E-state index is 0.581. The Kier molecular flexibility index (Phi) is 5.18. The number of hydrogen-bond donors (Lipinski definition) is 0. The van der Waals surface area contributed by atoms with Gasteiger partial charge in [0.2, 0.25) is 0 Å². The molecule has 2 aromatic carbocycles. The molecule has 3 heterocycles. The first-order valence-corrected chi connectivity index (χ1v) is 10.5. The molecule has 0 saturated carbocycles. The summed E-state index contributed by atoms with van der Waals surface area (Å²) >= 11 is 0. The Morgan fingerprint density at radius 2 is 1.55 bits per heavy atom. The molecule has 1 fully saturated rings. The molecule has 1 unspecified atom stereocenters. The standard InChI is InChI=1S/C25H26N2O2/c1-2-23(16-20-5-8-24-25(17-20)29-15-14-28-24)27(13-1)18-19-3-6-21(7-4-19)22-9-11-26-12-10-22/h3-12,17,23H,1-2,13-16,18H2. The highest BCUT2D eigenvalue weighted by Crippen LogP contribution is 2.32. The van der Waals surface area contributed by atoms with E-state index in [4.69, 9.17) is 9.47 Å². The molecule has 3 aromatic rings. The predicted molar refractivity (Wildman–Crippen MR) is 114 cm³/mol. The predicted octanol–water partition coefficient (Wildman–Crippen LogP) is 4.73. The van der Waals surface area contributed by atoms with Gasteiger partial charge in [0.15, 0.2) is 11.5 Å². The zero-order valence-electron chi connectivity index (χ0n) is 16.6. The molecule has 0 amide bonds. The number of pyridine rings is 1. The number of fused-ring (bicyclic) bond motifs is 1. The Morgan fingerprint density at radius 3 is 2.38 bits per heavy atom. The largest absolute Gasteiger partial charge is 0.486 e. The number of rotatable bonds is 5. The number of benzene rings is 2. The SMILES string of the molecule is c1cc(-c2ccc(CN3CCCC3Cc3ccc4c(c3)OCCO4)cc2)ccn1. The second-order valence-corrected chi connectivity index (χ2v) is 7.88. The number of aromatic nitrogens is 1. The van der Waals surface area contributed by atoms with Gasteiger partial charge in [-0.05, 0) is 72.3 Å². The van der Waals surface area contributed by atoms with Gasteiger partial charge >= 0.3 is 0 Å². The summed E-state index contributed by atoms with van der Waals surface area (Å²) in [4.78, 5) is 6.73. The van der Waals surface area contributed by atoms with Crippen molar-refractivity contribution in [1.82, 2.24) is 9.88 Å². The molecule has 2 aliphatic rings. The van der Waals surface area contributed by atoms with E-state index in [2.05, 4.69) is 64.5 Å². The van der Waals surface area contributed by atoms with E-state index in [1.807, 2.05) is 12.4 Å². The third kappa shape index (κ3) is 4.13. The summed E-state index contributed by atoms with van der Waals surface area (Å²) in [6, 6.07) is 20.1. The quantitative estimate of drug-likeness (QED) is 0.635. The first-order chi connectivity index (χ1) is 14.3. The van der Waals surface area contributed by atoms with Gasteiger partial charge in [-0.3, -0.25) is 9.88 Å². The zero-order chi connectivity index (χ0) is 19.5. The van der Waals surface area contributed by atoms with Gasteiger partial charge in [0.25, 0.3) is 0 Å². The molecule has 0 spiro atoms. The summed E-state index contributed by atoms with van der Waals surface area (Å²) in [6.45, 7) is 3.46. The Labute approximate surface area is 172 Å². The number of hydrogen-bond acceptors (Lipinski definition) is 4. The molecule has 0 bridgehead atoms. The Hall–Kier alpha value is -2.85. The van der Waals surface area contributed by atoms with Crippen molar-refractivity contribution in [2.45, 2.75) is 31.8 Å². The van der Waals surface area contributed by atoms with Crippen LogP contribution < -0.4 is 9.47 Å². The maximum atomic E-state index is 5.76. The lowest BCUT2D eigenvalue weighted by Gasteiger charge is -2.25. The third-order valence-corrected chi connectivity index (χ3v) is 5.93. The van der Waals surface area contributed by atoms with Crippen molar-refractivity contribution in [2.75, 3.05) is 19.8 Å². The van der Waals surface area contributed by atoms with Crippen molar-refractivity contribution in [3.05, 3.63) is 78.1 Å². The third-order valence-electron chi connectivity index (χ3n) is 5.93. The molecular weight excluding hydrogens is 360 g/mol. The van der Waals surface area contributed by atoms with Gasteiger partial charge in [-0.2, -0.15) is 0 Å². The van der Waals surface area contributed by atoms with Crippen LogP contribution in [0.25, 0.3) is 11.1 Å². The molecule has 0 N–H and O–H groups in total. The van der Waals surface area contributed by atoms with Crippen molar-refractivity contribution in [3.63, 3.8) is 0 Å². The Bertz CT molecular complexity index is 956. The van der Waals surface area contributed by atoms with E-state index >= 15 is 0 Å². The lowest BCUT2D eigenvalue weighted by atomic mass is 10.0. The molecule has 1 atom stereocenters. The van der Waals surface area contributed by atoms with Crippen LogP contribution in [0.3, 0.4) is 0 Å². The van der Waals surface area contributed by atoms with Gasteiger partial charge < -0.3 is 9.47 Å². The van der Waals surface area contributed by atoms with Crippen molar-refractivity contribution in [3.8, 4) is 22.6 Å². The van der Waals surface area contributed by atoms with Gasteiger partial charge in [0, 0.05) is 25.0 Å². The average molecular weight is 386 g/mol. The molecule has 1 saturated heterocycles. The summed E-state index contributed by atoms with van der Waals surface area (Å²) in [5.41, 5.74) is 5.16. The fourth-order valence-corrected chi connectivity index (χ4v) is 4.40. The number of likely N-dealkylation sites (tertiary alicyclic amines) is 1. The van der Waals surface area contributed by atoms with Crippen LogP contribution in [0.5, 0.6) is 11.5 Å². The summed E-state index contributed by atoms with van der Waals surface area (Å²) in [5.74, 6) is 1.77. The van der Waals surface area contributed by atoms with Crippen LogP contribution in [-0.4, -0.2) is 35.7 Å². The van der Waals surface area contributed by atoms with E-state index in [1.54, 1.807) is 0 Å². The van der Waals surface area contributed by atoms with E-state index in [9.17, 15) is 0 Å². The number of ether oxygens (including phenoxy) is 2. The molecule has 1 aromatic heterocycles. The van der Waals surface area contributed by atoms with Gasteiger partial charge in [-0.1, -0.05) is 30.3 Å². The highest BCUT2D eigenvalue weighted by molar-refractivity contribution is 5.62. The van der Waals surface area contributed by atoms with Gasteiger partial charge in [-0.25, -0.2) is 0 Å². The second kappa shape index (κ2) is 8.26. The summed E-state index contributed by atoms with van der Waals surface area (Å²) < 4.78 is 11.4. The first-order valence-electron chi connectivity index (χ1n) is 10.5. The van der Waals surface area contributed by atoms with Crippen molar-refractivity contribution < 1.29 is 9.47 Å². The van der Waals surface area contributed by atoms with Gasteiger partial charge in [0.05, 0.1) is 0 Å². The van der Waals surface area contributed by atoms with Crippen molar-refractivity contribution >= 4 is 0 Å². The van der Waals surface area contributed by atoms with Crippen LogP contribution in [0.4, 0.5) is 0 Å². The molecule has 0 aliphatic carbocycles. The molecule has 2 aliphatic heterocycles. The van der Waals surface area contributed by atoms with Gasteiger partial charge in [0.1, 0.15) is 13.2 Å². The molecular formula is C25H26N2O2. The maximum absolute atomic E-state index is 5.76. The molecule has 4 heteroatoms. The van der Waals surface area contributed by atoms with E-state index < -0.39 is 0 Å². The van der Waals surface area contributed by atoms with Crippen LogP contribution in [0.1, 0.15) is 24.0 Å². The fourth-order valence-electron chi connectivity index (χ4n) is 4.40. The molecule has 148 valence electrons. The summed E-state index contributed by atoms with van der Waals surface area (Å²) in [5, 5.41) is 0. The van der Waals surface area contributed by atoms with Crippen LogP contribution in [0.15, 0.2) is 67.0 Å². The molecule has 0 radical (unpaired) electrons. The zero-order valence-corrected chi connectivity index (χ0v) is 16.6. The fraction of sp³-hybridized carbons (Fsp3) is 0.320. The molecule has 5 rings (SSSR count). The van der Waals surface area contributed by atoms with E-state index in [0.29, 0.717) is 19.3 Å². The van der Waals surface area contributed by atoms with E-state index in [-0.39, 0.29) is 0 Å². The average Bonchev–Trinajstić information content (AvgIpc) is 3.21. The normalized spacial score (nSPS) is 18.7. The first kappa shape index (κ1) is 18.2. The van der Waals surface area contributed by atoms with Crippen LogP contribution in [-0.2, 0) is 13.0 Å². The lowest BCUT2D eigenvalue weighted by molar-refractivity contribution is 0.171. The Balaban J connectivity index is 1.25. The van der Waals surface area contributed by atoms with Crippen LogP contribution in [0.2, 0.25) is 0 Å². The van der Waals surface area contributed by atoms with E-state index in [0.717, 1.165) is 24.5 Å². The minimum absolute atomic E-state index is 0.581. The van der Waals surface area contributed by atoms with E-state index in [1.165, 1.54) is 41.6 Å². The van der Waals surface area contributed by atoms with Crippen LogP contribution >= 0.6 is 0 Å². The monoisotopic (exact) mass is 386 g/mol. The highest BCUT2D eigenvalue weighted by atomic mass is 16.6. The lowest BCUT2D eigenvalue weighted by Crippen LogP contribution is -2.30. The summed E-state index contributed by atoms with van der Waals surface area (Å²) in [6.07, 6.45) is 7.27. The van der Waals surface area contributed by atoms with Crippen molar-refractivity contribution in [2.24, 2.45) is 0 Å². The minimum Gasteiger partial charge on any atom is -0.486 e. The van der Waals surface area contributed by atoms with Gasteiger partial charge in [-0.15, -0.1) is 0 Å². The summed E-state index contributed by atoms with van der Waals surface area (Å²) in [7, 11) is 0. The molecule has 4 nitrogen and oxygen atoms in total. The van der Waals surface area contributed by atoms with Crippen molar-refractivity contribution in [1.29, 1.82) is 0 Å². The Morgan fingerprint density at radius 1 is 0.828 bits per heavy atom. The maximum Gasteiger partial charge on any atom is 0.161 e. The topological polar surface area (TPSA) is 34.6 Å². The second-order valence-electron chi connectivity index (χ2n) is 7.88. The molecule has 29 heavy (non-hydrogen) atoms.